The highest BCUT2D eigenvalue weighted by molar-refractivity contribution is 7.93. The molecule has 0 N–H and O–H groups in total. The largest absolute Gasteiger partial charge is 0.369 e. The zero-order valence-electron chi connectivity index (χ0n) is 14.4. The molecule has 0 spiro atoms. The summed E-state index contributed by atoms with van der Waals surface area (Å²) < 4.78 is 31.2. The number of anilines is 1. The zero-order chi connectivity index (χ0) is 17.5. The fraction of sp³-hybridized carbons (Fsp3) is 0.588. The molecular weight excluding hydrogens is 328 g/mol. The van der Waals surface area contributed by atoms with Gasteiger partial charge in [-0.05, 0) is 51.5 Å². The molecule has 1 atom stereocenters. The summed E-state index contributed by atoms with van der Waals surface area (Å²) in [4.78, 5) is 14.5. The number of carbonyl (C=O) groups excluding carboxylic acids is 1. The number of benzene rings is 1. The maximum atomic E-state index is 12.7. The van der Waals surface area contributed by atoms with Crippen LogP contribution in [0.1, 0.15) is 37.6 Å². The summed E-state index contributed by atoms with van der Waals surface area (Å²) in [5, 5.41) is 0. The monoisotopic (exact) mass is 352 g/mol. The van der Waals surface area contributed by atoms with Gasteiger partial charge in [0.1, 0.15) is 0 Å². The van der Waals surface area contributed by atoms with E-state index in [9.17, 15) is 13.2 Å². The fourth-order valence-corrected chi connectivity index (χ4v) is 5.06. The van der Waals surface area contributed by atoms with E-state index in [-0.39, 0.29) is 23.4 Å². The van der Waals surface area contributed by atoms with E-state index in [1.54, 1.807) is 29.2 Å². The lowest BCUT2D eigenvalue weighted by Crippen LogP contribution is -2.53. The van der Waals surface area contributed by atoms with E-state index in [2.05, 4.69) is 0 Å². The van der Waals surface area contributed by atoms with E-state index < -0.39 is 10.0 Å². The molecule has 24 heavy (non-hydrogen) atoms. The van der Waals surface area contributed by atoms with Crippen molar-refractivity contribution in [2.75, 3.05) is 29.7 Å². The molecule has 1 amide bonds. The number of nitrogens with zero attached hydrogens (tertiary/aromatic N) is 2. The topological polar surface area (TPSA) is 66.9 Å². The van der Waals surface area contributed by atoms with E-state index in [1.165, 1.54) is 4.31 Å². The average molecular weight is 352 g/mol. The molecule has 2 fully saturated rings. The van der Waals surface area contributed by atoms with E-state index in [4.69, 9.17) is 4.74 Å². The van der Waals surface area contributed by atoms with Crippen LogP contribution in [-0.4, -0.2) is 56.3 Å². The number of hydrogen-bond acceptors (Lipinski definition) is 4. The van der Waals surface area contributed by atoms with Crippen molar-refractivity contribution in [3.05, 3.63) is 29.8 Å². The van der Waals surface area contributed by atoms with Crippen molar-refractivity contribution in [2.45, 2.75) is 38.9 Å². The van der Waals surface area contributed by atoms with Gasteiger partial charge >= 0.3 is 0 Å². The molecule has 0 bridgehead atoms. The zero-order valence-corrected chi connectivity index (χ0v) is 15.2. The Kier molecular flexibility index (Phi) is 4.34. The average Bonchev–Trinajstić information content (AvgIpc) is 2.84. The van der Waals surface area contributed by atoms with Gasteiger partial charge in [0, 0.05) is 25.2 Å². The van der Waals surface area contributed by atoms with Crippen LogP contribution in [0, 0.1) is 0 Å². The highest BCUT2D eigenvalue weighted by atomic mass is 32.2. The van der Waals surface area contributed by atoms with E-state index in [0.717, 1.165) is 0 Å². The van der Waals surface area contributed by atoms with Crippen LogP contribution in [0.2, 0.25) is 0 Å². The fourth-order valence-electron chi connectivity index (χ4n) is 3.49. The minimum Gasteiger partial charge on any atom is -0.369 e. The number of hydrogen-bond donors (Lipinski definition) is 0. The SMILES string of the molecule is CC1CN(C(=O)c2ccc(N3CCCS3(=O)=O)cc2)CC(C)(C)O1. The molecule has 2 aliphatic heterocycles. The molecule has 3 rings (SSSR count). The molecule has 2 aliphatic rings. The van der Waals surface area contributed by atoms with Crippen LogP contribution in [0.25, 0.3) is 0 Å². The van der Waals surface area contributed by atoms with Crippen LogP contribution in [0.3, 0.4) is 0 Å². The maximum Gasteiger partial charge on any atom is 0.254 e. The molecule has 1 aromatic rings. The normalized spacial score (nSPS) is 25.7. The predicted molar refractivity (Wildman–Crippen MR) is 92.7 cm³/mol. The molecule has 132 valence electrons. The molecule has 1 aromatic carbocycles. The molecule has 2 heterocycles. The van der Waals surface area contributed by atoms with Gasteiger partial charge in [0.15, 0.2) is 0 Å². The summed E-state index contributed by atoms with van der Waals surface area (Å²) in [7, 11) is -3.19. The van der Waals surface area contributed by atoms with Crippen LogP contribution in [0.5, 0.6) is 0 Å². The molecule has 0 radical (unpaired) electrons. The predicted octanol–water partition coefficient (Wildman–Crippen LogP) is 1.87. The van der Waals surface area contributed by atoms with Crippen LogP contribution < -0.4 is 4.31 Å². The third-order valence-electron chi connectivity index (χ3n) is 4.36. The maximum absolute atomic E-state index is 12.7. The van der Waals surface area contributed by atoms with Crippen molar-refractivity contribution in [1.82, 2.24) is 4.90 Å². The standard InChI is InChI=1S/C17H24N2O4S/c1-13-11-18(12-17(2,3)23-13)16(20)14-5-7-15(8-6-14)19-9-4-10-24(19,21)22/h5-8,13H,4,9-12H2,1-3H3. The summed E-state index contributed by atoms with van der Waals surface area (Å²) in [5.41, 5.74) is 0.830. The quantitative estimate of drug-likeness (QED) is 0.815. The summed E-state index contributed by atoms with van der Waals surface area (Å²) in [6, 6.07) is 6.84. The second kappa shape index (κ2) is 6.04. The minimum absolute atomic E-state index is 0.00767. The first-order valence-corrected chi connectivity index (χ1v) is 9.86. The van der Waals surface area contributed by atoms with Crippen LogP contribution in [0.15, 0.2) is 24.3 Å². The van der Waals surface area contributed by atoms with Crippen molar-refractivity contribution in [3.8, 4) is 0 Å². The Hall–Kier alpha value is -1.60. The van der Waals surface area contributed by atoms with Crippen molar-refractivity contribution in [2.24, 2.45) is 0 Å². The lowest BCUT2D eigenvalue weighted by molar-refractivity contribution is -0.118. The first-order chi connectivity index (χ1) is 11.2. The Labute approximate surface area is 143 Å². The third kappa shape index (κ3) is 3.42. The van der Waals surface area contributed by atoms with Crippen LogP contribution in [0.4, 0.5) is 5.69 Å². The Morgan fingerprint density at radius 3 is 2.46 bits per heavy atom. The minimum atomic E-state index is -3.19. The Bertz CT molecular complexity index is 727. The molecule has 0 aromatic heterocycles. The smallest absolute Gasteiger partial charge is 0.254 e. The van der Waals surface area contributed by atoms with Gasteiger partial charge in [-0.3, -0.25) is 9.10 Å². The summed E-state index contributed by atoms with van der Waals surface area (Å²) in [6.07, 6.45) is 0.635. The first-order valence-electron chi connectivity index (χ1n) is 8.25. The van der Waals surface area contributed by atoms with Gasteiger partial charge < -0.3 is 9.64 Å². The summed E-state index contributed by atoms with van der Waals surface area (Å²) in [5.74, 6) is 0.142. The number of ether oxygens (including phenoxy) is 1. The number of sulfonamides is 1. The van der Waals surface area contributed by atoms with Gasteiger partial charge in [-0.1, -0.05) is 0 Å². The van der Waals surface area contributed by atoms with Gasteiger partial charge in [-0.2, -0.15) is 0 Å². The van der Waals surface area contributed by atoms with Gasteiger partial charge in [-0.25, -0.2) is 8.42 Å². The second-order valence-electron chi connectivity index (χ2n) is 7.16. The Morgan fingerprint density at radius 1 is 1.25 bits per heavy atom. The molecular formula is C17H24N2O4S. The number of carbonyl (C=O) groups is 1. The molecule has 0 aliphatic carbocycles. The molecule has 6 nitrogen and oxygen atoms in total. The summed E-state index contributed by atoms with van der Waals surface area (Å²) in [6.45, 7) is 7.52. The summed E-state index contributed by atoms with van der Waals surface area (Å²) >= 11 is 0. The Morgan fingerprint density at radius 2 is 1.92 bits per heavy atom. The molecule has 1 unspecified atom stereocenters. The van der Waals surface area contributed by atoms with Gasteiger partial charge in [0.25, 0.3) is 5.91 Å². The first kappa shape index (κ1) is 17.2. The van der Waals surface area contributed by atoms with Crippen molar-refractivity contribution >= 4 is 21.6 Å². The van der Waals surface area contributed by atoms with Gasteiger partial charge in [-0.15, -0.1) is 0 Å². The molecule has 7 heteroatoms. The third-order valence-corrected chi connectivity index (χ3v) is 6.23. The van der Waals surface area contributed by atoms with Crippen molar-refractivity contribution in [3.63, 3.8) is 0 Å². The van der Waals surface area contributed by atoms with Gasteiger partial charge in [0.2, 0.25) is 10.0 Å². The van der Waals surface area contributed by atoms with E-state index in [1.807, 2.05) is 20.8 Å². The second-order valence-corrected chi connectivity index (χ2v) is 9.18. The Balaban J connectivity index is 1.77. The van der Waals surface area contributed by atoms with E-state index in [0.29, 0.717) is 37.3 Å². The van der Waals surface area contributed by atoms with Crippen molar-refractivity contribution < 1.29 is 17.9 Å². The molecule has 0 saturated carbocycles. The number of rotatable bonds is 2. The van der Waals surface area contributed by atoms with Crippen LogP contribution in [-0.2, 0) is 14.8 Å². The number of amides is 1. The van der Waals surface area contributed by atoms with Crippen molar-refractivity contribution in [1.29, 1.82) is 0 Å². The van der Waals surface area contributed by atoms with Crippen LogP contribution >= 0.6 is 0 Å². The highest BCUT2D eigenvalue weighted by Gasteiger charge is 2.34. The van der Waals surface area contributed by atoms with Gasteiger partial charge in [0.05, 0.1) is 23.1 Å². The van der Waals surface area contributed by atoms with E-state index >= 15 is 0 Å². The lowest BCUT2D eigenvalue weighted by Gasteiger charge is -2.41. The number of morpholine rings is 1. The highest BCUT2D eigenvalue weighted by Crippen LogP contribution is 2.26. The molecule has 2 saturated heterocycles. The lowest BCUT2D eigenvalue weighted by atomic mass is 10.0.